The molecular weight excluding hydrogens is 382 g/mol. The minimum atomic E-state index is -4.87. The fraction of sp³-hybridized carbons (Fsp3) is 0.167. The molecule has 1 heterocycles. The summed E-state index contributed by atoms with van der Waals surface area (Å²) in [6, 6.07) is 1.31. The topological polar surface area (TPSA) is 42.1 Å². The molecule has 0 saturated carbocycles. The van der Waals surface area contributed by atoms with Crippen molar-refractivity contribution in [1.82, 2.24) is 4.98 Å². The van der Waals surface area contributed by atoms with Gasteiger partial charge >= 0.3 is 6.36 Å². The highest BCUT2D eigenvalue weighted by atomic mass is 127. The van der Waals surface area contributed by atoms with Crippen molar-refractivity contribution in [2.75, 3.05) is 0 Å². The molecule has 0 unspecified atom stereocenters. The first kappa shape index (κ1) is 11.8. The van der Waals surface area contributed by atoms with Crippen molar-refractivity contribution >= 4 is 38.5 Å². The van der Waals surface area contributed by atoms with E-state index in [1.165, 1.54) is 6.07 Å². The van der Waals surface area contributed by atoms with Crippen molar-refractivity contribution in [2.45, 2.75) is 6.36 Å². The van der Waals surface area contributed by atoms with E-state index < -0.39 is 17.7 Å². The van der Waals surface area contributed by atoms with E-state index in [0.717, 1.165) is 0 Å². The highest BCUT2D eigenvalue weighted by Crippen LogP contribution is 2.27. The van der Waals surface area contributed by atoms with Crippen LogP contribution in [-0.4, -0.2) is 11.3 Å². The molecule has 0 radical (unpaired) electrons. The van der Waals surface area contributed by atoms with Gasteiger partial charge in [-0.3, -0.25) is 4.79 Å². The lowest BCUT2D eigenvalue weighted by Gasteiger charge is -2.09. The zero-order chi connectivity index (χ0) is 10.9. The first-order chi connectivity index (χ1) is 6.29. The number of H-pyrrole nitrogens is 1. The van der Waals surface area contributed by atoms with Crippen LogP contribution in [0.4, 0.5) is 13.2 Å². The largest absolute Gasteiger partial charge is 0.573 e. The molecule has 0 bridgehead atoms. The van der Waals surface area contributed by atoms with Crippen LogP contribution in [-0.2, 0) is 0 Å². The van der Waals surface area contributed by atoms with Gasteiger partial charge in [0.1, 0.15) is 0 Å². The third kappa shape index (κ3) is 3.15. The Bertz CT molecular complexity index is 403. The Hall–Kier alpha value is -0.250. The van der Waals surface area contributed by atoms with Gasteiger partial charge in [0.15, 0.2) is 0 Å². The molecule has 0 aliphatic carbocycles. The molecule has 1 aromatic heterocycles. The van der Waals surface area contributed by atoms with E-state index in [1.807, 2.05) is 0 Å². The Balaban J connectivity index is 3.16. The van der Waals surface area contributed by atoms with Gasteiger partial charge in [-0.05, 0) is 44.6 Å². The Morgan fingerprint density at radius 2 is 2.07 bits per heavy atom. The normalized spacial score (nSPS) is 11.5. The van der Waals surface area contributed by atoms with E-state index in [-0.39, 0.29) is 4.47 Å². The number of pyridine rings is 1. The van der Waals surface area contributed by atoms with Gasteiger partial charge in [0.2, 0.25) is 5.75 Å². The van der Waals surface area contributed by atoms with E-state index in [4.69, 9.17) is 0 Å². The van der Waals surface area contributed by atoms with Gasteiger partial charge in [-0.2, -0.15) is 0 Å². The summed E-state index contributed by atoms with van der Waals surface area (Å²) < 4.78 is 39.3. The third-order valence-corrected chi connectivity index (χ3v) is 2.30. The van der Waals surface area contributed by atoms with Crippen LogP contribution in [0.25, 0.3) is 0 Å². The number of hydrogen-bond donors (Lipinski definition) is 1. The van der Waals surface area contributed by atoms with E-state index in [1.54, 1.807) is 22.6 Å². The number of aromatic nitrogens is 1. The molecule has 3 nitrogen and oxygen atoms in total. The summed E-state index contributed by atoms with van der Waals surface area (Å²) in [5.41, 5.74) is -0.930. The number of hydrogen-bond acceptors (Lipinski definition) is 2. The van der Waals surface area contributed by atoms with Crippen LogP contribution >= 0.6 is 38.5 Å². The average molecular weight is 384 g/mol. The van der Waals surface area contributed by atoms with Crippen molar-refractivity contribution < 1.29 is 17.9 Å². The maximum atomic E-state index is 11.8. The quantitative estimate of drug-likeness (QED) is 0.598. The second kappa shape index (κ2) is 4.09. The highest BCUT2D eigenvalue weighted by Gasteiger charge is 2.33. The van der Waals surface area contributed by atoms with Crippen LogP contribution < -0.4 is 10.3 Å². The molecule has 1 N–H and O–H groups in total. The number of alkyl halides is 3. The molecule has 0 aliphatic heterocycles. The first-order valence-corrected chi connectivity index (χ1v) is 5.01. The SMILES string of the molecule is O=c1[nH]c(I)cc(Br)c1OC(F)(F)F. The van der Waals surface area contributed by atoms with Crippen molar-refractivity contribution in [3.63, 3.8) is 0 Å². The van der Waals surface area contributed by atoms with Crippen molar-refractivity contribution in [2.24, 2.45) is 0 Å². The lowest BCUT2D eigenvalue weighted by Crippen LogP contribution is -2.23. The summed E-state index contributed by atoms with van der Waals surface area (Å²) in [7, 11) is 0. The standard InChI is InChI=1S/C6H2BrF3INO2/c7-2-1-3(11)12-5(13)4(2)14-6(8,9)10/h1H,(H,12,13). The van der Waals surface area contributed by atoms with E-state index in [9.17, 15) is 18.0 Å². The van der Waals surface area contributed by atoms with Crippen LogP contribution in [0.2, 0.25) is 0 Å². The monoisotopic (exact) mass is 383 g/mol. The number of ether oxygens (including phenoxy) is 1. The zero-order valence-corrected chi connectivity index (χ0v) is 10.0. The minimum absolute atomic E-state index is 0.0389. The maximum absolute atomic E-state index is 11.8. The number of halogens is 5. The zero-order valence-electron chi connectivity index (χ0n) is 6.28. The summed E-state index contributed by atoms with van der Waals surface area (Å²) >= 11 is 4.56. The first-order valence-electron chi connectivity index (χ1n) is 3.13. The van der Waals surface area contributed by atoms with Crippen molar-refractivity contribution in [3.05, 3.63) is 24.6 Å². The van der Waals surface area contributed by atoms with E-state index in [0.29, 0.717) is 3.70 Å². The summed E-state index contributed by atoms with van der Waals surface area (Å²) in [6.07, 6.45) is -4.87. The highest BCUT2D eigenvalue weighted by molar-refractivity contribution is 14.1. The van der Waals surface area contributed by atoms with Crippen LogP contribution in [0.3, 0.4) is 0 Å². The van der Waals surface area contributed by atoms with Crippen molar-refractivity contribution in [1.29, 1.82) is 0 Å². The molecule has 0 aliphatic rings. The summed E-state index contributed by atoms with van der Waals surface area (Å²) in [5, 5.41) is 0. The van der Waals surface area contributed by atoms with Crippen LogP contribution in [0.1, 0.15) is 0 Å². The average Bonchev–Trinajstić information content (AvgIpc) is 1.95. The smallest absolute Gasteiger partial charge is 0.399 e. The summed E-state index contributed by atoms with van der Waals surface area (Å²) in [5.74, 6) is -0.794. The van der Waals surface area contributed by atoms with Gasteiger partial charge in [0, 0.05) is 0 Å². The Labute approximate surface area is 97.9 Å². The maximum Gasteiger partial charge on any atom is 0.573 e. The van der Waals surface area contributed by atoms with Crippen LogP contribution in [0, 0.1) is 3.70 Å². The second-order valence-corrected chi connectivity index (χ2v) is 4.19. The Kier molecular flexibility index (Phi) is 3.45. The Morgan fingerprint density at radius 1 is 1.50 bits per heavy atom. The van der Waals surface area contributed by atoms with Gasteiger partial charge in [0.05, 0.1) is 8.17 Å². The molecule has 0 atom stereocenters. The van der Waals surface area contributed by atoms with Crippen LogP contribution in [0.5, 0.6) is 5.75 Å². The van der Waals surface area contributed by atoms with Crippen molar-refractivity contribution in [3.8, 4) is 5.75 Å². The number of rotatable bonds is 1. The minimum Gasteiger partial charge on any atom is -0.399 e. The molecule has 0 aromatic carbocycles. The fourth-order valence-electron chi connectivity index (χ4n) is 0.697. The molecule has 8 heteroatoms. The van der Waals surface area contributed by atoms with Gasteiger partial charge in [0.25, 0.3) is 5.56 Å². The molecule has 0 fully saturated rings. The van der Waals surface area contributed by atoms with Gasteiger partial charge in [-0.15, -0.1) is 13.2 Å². The third-order valence-electron chi connectivity index (χ3n) is 1.13. The fourth-order valence-corrected chi connectivity index (χ4v) is 2.17. The summed E-state index contributed by atoms with van der Waals surface area (Å²) in [4.78, 5) is 13.2. The van der Waals surface area contributed by atoms with Crippen LogP contribution in [0.15, 0.2) is 15.3 Å². The number of aromatic amines is 1. The van der Waals surface area contributed by atoms with Gasteiger partial charge < -0.3 is 9.72 Å². The molecule has 14 heavy (non-hydrogen) atoms. The van der Waals surface area contributed by atoms with E-state index >= 15 is 0 Å². The lowest BCUT2D eigenvalue weighted by atomic mass is 10.4. The molecule has 0 amide bonds. The van der Waals surface area contributed by atoms with Gasteiger partial charge in [-0.1, -0.05) is 0 Å². The molecule has 1 rings (SSSR count). The second-order valence-electron chi connectivity index (χ2n) is 2.17. The molecule has 78 valence electrons. The van der Waals surface area contributed by atoms with Gasteiger partial charge in [-0.25, -0.2) is 0 Å². The lowest BCUT2D eigenvalue weighted by molar-refractivity contribution is -0.275. The molecule has 0 saturated heterocycles. The Morgan fingerprint density at radius 3 is 2.50 bits per heavy atom. The predicted molar refractivity (Wildman–Crippen MR) is 54.2 cm³/mol. The summed E-state index contributed by atoms with van der Waals surface area (Å²) in [6.45, 7) is 0. The predicted octanol–water partition coefficient (Wildman–Crippen LogP) is 2.64. The van der Waals surface area contributed by atoms with E-state index in [2.05, 4.69) is 25.7 Å². The molecular formula is C6H2BrF3INO2. The molecule has 0 spiro atoms. The molecule has 1 aromatic rings. The number of nitrogens with one attached hydrogen (secondary N) is 1.